The molecule has 2 atom stereocenters. The van der Waals surface area contributed by atoms with Gasteiger partial charge in [-0.3, -0.25) is 0 Å². The molecule has 1 heterocycles. The fourth-order valence-corrected chi connectivity index (χ4v) is 3.34. The summed E-state index contributed by atoms with van der Waals surface area (Å²) in [6.07, 6.45) is 1.94. The summed E-state index contributed by atoms with van der Waals surface area (Å²) in [5.74, 6) is 1.97. The van der Waals surface area contributed by atoms with Gasteiger partial charge >= 0.3 is 0 Å². The Labute approximate surface area is 131 Å². The van der Waals surface area contributed by atoms with Gasteiger partial charge in [0.1, 0.15) is 11.3 Å². The van der Waals surface area contributed by atoms with Crippen molar-refractivity contribution in [2.24, 2.45) is 0 Å². The van der Waals surface area contributed by atoms with E-state index in [1.54, 1.807) is 0 Å². The molecule has 21 heavy (non-hydrogen) atoms. The van der Waals surface area contributed by atoms with E-state index in [0.717, 1.165) is 41.9 Å². The van der Waals surface area contributed by atoms with Crippen molar-refractivity contribution < 1.29 is 9.52 Å². The molecule has 2 aromatic rings. The Kier molecular flexibility index (Phi) is 6.61. The zero-order chi connectivity index (χ0) is 15.1. The molecule has 2 rings (SSSR count). The second kappa shape index (κ2) is 8.47. The van der Waals surface area contributed by atoms with Gasteiger partial charge in [0.2, 0.25) is 0 Å². The molecule has 116 valence electrons. The van der Waals surface area contributed by atoms with Crippen LogP contribution in [0.3, 0.4) is 0 Å². The lowest BCUT2D eigenvalue weighted by atomic mass is 10.2. The molecule has 3 nitrogen and oxygen atoms in total. The van der Waals surface area contributed by atoms with E-state index in [0.29, 0.717) is 5.25 Å². The van der Waals surface area contributed by atoms with Gasteiger partial charge in [0.15, 0.2) is 0 Å². The van der Waals surface area contributed by atoms with Crippen LogP contribution in [0.5, 0.6) is 0 Å². The number of fused-ring (bicyclic) bond motifs is 1. The SMILES string of the molecule is CCCNC(CSC(C)CCO)c1cc2ccccc2o1. The van der Waals surface area contributed by atoms with Crippen LogP contribution < -0.4 is 5.32 Å². The molecule has 4 heteroatoms. The van der Waals surface area contributed by atoms with Gasteiger partial charge in [-0.15, -0.1) is 0 Å². The van der Waals surface area contributed by atoms with Crippen LogP contribution in [0.4, 0.5) is 0 Å². The zero-order valence-electron chi connectivity index (χ0n) is 12.8. The highest BCUT2D eigenvalue weighted by molar-refractivity contribution is 7.99. The zero-order valence-corrected chi connectivity index (χ0v) is 13.7. The molecule has 2 N–H and O–H groups in total. The number of hydrogen-bond acceptors (Lipinski definition) is 4. The molecule has 2 unspecified atom stereocenters. The first kappa shape index (κ1) is 16.4. The molecular weight excluding hydrogens is 282 g/mol. The maximum Gasteiger partial charge on any atom is 0.134 e. The molecule has 0 bridgehead atoms. The monoisotopic (exact) mass is 307 g/mol. The quantitative estimate of drug-likeness (QED) is 0.735. The third-order valence-electron chi connectivity index (χ3n) is 3.51. The van der Waals surface area contributed by atoms with Gasteiger partial charge in [-0.2, -0.15) is 11.8 Å². The van der Waals surface area contributed by atoms with E-state index in [2.05, 4.69) is 31.3 Å². The van der Waals surface area contributed by atoms with Crippen molar-refractivity contribution in [3.05, 3.63) is 36.1 Å². The summed E-state index contributed by atoms with van der Waals surface area (Å²) in [6.45, 7) is 5.57. The molecule has 1 aromatic carbocycles. The fraction of sp³-hybridized carbons (Fsp3) is 0.529. The van der Waals surface area contributed by atoms with Crippen LogP contribution >= 0.6 is 11.8 Å². The van der Waals surface area contributed by atoms with Crippen molar-refractivity contribution in [3.8, 4) is 0 Å². The highest BCUT2D eigenvalue weighted by Gasteiger charge is 2.17. The van der Waals surface area contributed by atoms with Gasteiger partial charge in [0.05, 0.1) is 6.04 Å². The fourth-order valence-electron chi connectivity index (χ4n) is 2.26. The first-order valence-corrected chi connectivity index (χ1v) is 8.73. The first-order valence-electron chi connectivity index (χ1n) is 7.69. The molecular formula is C17H25NO2S. The van der Waals surface area contributed by atoms with Crippen LogP contribution in [0, 0.1) is 0 Å². The largest absolute Gasteiger partial charge is 0.459 e. The third kappa shape index (κ3) is 4.77. The van der Waals surface area contributed by atoms with Crippen molar-refractivity contribution in [2.45, 2.75) is 38.0 Å². The normalized spacial score (nSPS) is 14.4. The number of furan rings is 1. The van der Waals surface area contributed by atoms with Crippen molar-refractivity contribution >= 4 is 22.7 Å². The number of thioether (sulfide) groups is 1. The van der Waals surface area contributed by atoms with Crippen LogP contribution in [0.25, 0.3) is 11.0 Å². The second-order valence-electron chi connectivity index (χ2n) is 5.35. The summed E-state index contributed by atoms with van der Waals surface area (Å²) in [7, 11) is 0. The standard InChI is InChI=1S/C17H25NO2S/c1-3-9-18-15(12-21-13(2)8-10-19)17-11-14-6-4-5-7-16(14)20-17/h4-7,11,13,15,18-19H,3,8-10,12H2,1-2H3. The van der Waals surface area contributed by atoms with E-state index in [9.17, 15) is 0 Å². The average molecular weight is 307 g/mol. The van der Waals surface area contributed by atoms with Crippen molar-refractivity contribution in [3.63, 3.8) is 0 Å². The van der Waals surface area contributed by atoms with E-state index in [1.807, 2.05) is 30.0 Å². The summed E-state index contributed by atoms with van der Waals surface area (Å²) < 4.78 is 5.99. The predicted octanol–water partition coefficient (Wildman–Crippen LogP) is 3.98. The Balaban J connectivity index is 2.07. The van der Waals surface area contributed by atoms with E-state index in [-0.39, 0.29) is 12.6 Å². The molecule has 1 aromatic heterocycles. The highest BCUT2D eigenvalue weighted by atomic mass is 32.2. The van der Waals surface area contributed by atoms with Gasteiger partial charge in [-0.05, 0) is 31.5 Å². The van der Waals surface area contributed by atoms with Crippen LogP contribution in [0.15, 0.2) is 34.7 Å². The lowest BCUT2D eigenvalue weighted by Crippen LogP contribution is -2.24. The van der Waals surface area contributed by atoms with Gasteiger partial charge < -0.3 is 14.8 Å². The second-order valence-corrected chi connectivity index (χ2v) is 6.82. The van der Waals surface area contributed by atoms with Gasteiger partial charge in [0, 0.05) is 23.0 Å². The minimum atomic E-state index is 0.225. The number of benzene rings is 1. The third-order valence-corrected chi connectivity index (χ3v) is 4.84. The Morgan fingerprint density at radius 2 is 2.14 bits per heavy atom. The number of aliphatic hydroxyl groups excluding tert-OH is 1. The van der Waals surface area contributed by atoms with Crippen LogP contribution in [0.1, 0.15) is 38.5 Å². The van der Waals surface area contributed by atoms with E-state index < -0.39 is 0 Å². The van der Waals surface area contributed by atoms with E-state index >= 15 is 0 Å². The molecule has 0 saturated heterocycles. The molecule has 0 aliphatic rings. The maximum absolute atomic E-state index is 9.01. The molecule has 0 aliphatic carbocycles. The smallest absolute Gasteiger partial charge is 0.134 e. The molecule has 0 fully saturated rings. The van der Waals surface area contributed by atoms with Crippen LogP contribution in [-0.4, -0.2) is 29.3 Å². The molecule has 0 amide bonds. The Morgan fingerprint density at radius 3 is 2.86 bits per heavy atom. The van der Waals surface area contributed by atoms with E-state index in [1.165, 1.54) is 0 Å². The van der Waals surface area contributed by atoms with Gasteiger partial charge in [-0.1, -0.05) is 32.0 Å². The summed E-state index contributed by atoms with van der Waals surface area (Å²) >= 11 is 1.88. The van der Waals surface area contributed by atoms with Crippen LogP contribution in [0.2, 0.25) is 0 Å². The number of para-hydroxylation sites is 1. The first-order chi connectivity index (χ1) is 10.2. The van der Waals surface area contributed by atoms with Crippen LogP contribution in [-0.2, 0) is 0 Å². The lowest BCUT2D eigenvalue weighted by Gasteiger charge is -2.18. The van der Waals surface area contributed by atoms with Crippen molar-refractivity contribution in [1.29, 1.82) is 0 Å². The minimum Gasteiger partial charge on any atom is -0.459 e. The Morgan fingerprint density at radius 1 is 1.33 bits per heavy atom. The summed E-state index contributed by atoms with van der Waals surface area (Å²) in [5, 5.41) is 14.2. The van der Waals surface area contributed by atoms with Gasteiger partial charge in [0.25, 0.3) is 0 Å². The van der Waals surface area contributed by atoms with Gasteiger partial charge in [-0.25, -0.2) is 0 Å². The highest BCUT2D eigenvalue weighted by Crippen LogP contribution is 2.27. The number of rotatable bonds is 9. The average Bonchev–Trinajstić information content (AvgIpc) is 2.91. The summed E-state index contributed by atoms with van der Waals surface area (Å²) in [5.41, 5.74) is 0.948. The Hall–Kier alpha value is -0.970. The summed E-state index contributed by atoms with van der Waals surface area (Å²) in [6, 6.07) is 10.5. The number of aliphatic hydroxyl groups is 1. The molecule has 0 radical (unpaired) electrons. The predicted molar refractivity (Wildman–Crippen MR) is 90.9 cm³/mol. The molecule has 0 saturated carbocycles. The molecule has 0 spiro atoms. The summed E-state index contributed by atoms with van der Waals surface area (Å²) in [4.78, 5) is 0. The van der Waals surface area contributed by atoms with Crippen molar-refractivity contribution in [2.75, 3.05) is 18.9 Å². The number of hydrogen-bond donors (Lipinski definition) is 2. The lowest BCUT2D eigenvalue weighted by molar-refractivity contribution is 0.289. The van der Waals surface area contributed by atoms with E-state index in [4.69, 9.17) is 9.52 Å². The topological polar surface area (TPSA) is 45.4 Å². The Bertz CT molecular complexity index is 507. The number of nitrogens with one attached hydrogen (secondary N) is 1. The van der Waals surface area contributed by atoms with Crippen molar-refractivity contribution in [1.82, 2.24) is 5.32 Å². The molecule has 0 aliphatic heterocycles. The maximum atomic E-state index is 9.01. The minimum absolute atomic E-state index is 0.225.